The predicted molar refractivity (Wildman–Crippen MR) is 90.8 cm³/mol. The molecule has 1 rings (SSSR count). The maximum absolute atomic E-state index is 3.47. The minimum absolute atomic E-state index is 0.466. The zero-order chi connectivity index (χ0) is 15.4. The van der Waals surface area contributed by atoms with Crippen LogP contribution in [0.3, 0.4) is 0 Å². The fourth-order valence-electron chi connectivity index (χ4n) is 3.10. The highest BCUT2D eigenvalue weighted by molar-refractivity contribution is 5.72. The first kappa shape index (κ1) is 16.9. The van der Waals surface area contributed by atoms with E-state index >= 15 is 0 Å². The molecule has 0 fully saturated rings. The number of anilines is 2. The average molecular weight is 275 g/mol. The molecule has 113 valence electrons. The van der Waals surface area contributed by atoms with E-state index in [0.29, 0.717) is 24.2 Å². The molecule has 0 N–H and O–H groups in total. The molecule has 1 aromatic carbocycles. The summed E-state index contributed by atoms with van der Waals surface area (Å²) in [6, 6.07) is 11.7. The lowest BCUT2D eigenvalue weighted by Crippen LogP contribution is -2.41. The van der Waals surface area contributed by atoms with Crippen LogP contribution >= 0.6 is 0 Å². The summed E-state index contributed by atoms with van der Waals surface area (Å²) in [6.45, 7) is 18.0. The number of para-hydroxylation sites is 1. The summed E-state index contributed by atoms with van der Waals surface area (Å²) in [5.74, 6) is 0. The molecule has 1 aromatic rings. The SMILES string of the molecule is CC(C)N(c1[c]cccc1N(C(C)C)C(C)C)C(C)C. The van der Waals surface area contributed by atoms with Crippen molar-refractivity contribution >= 4 is 11.4 Å². The van der Waals surface area contributed by atoms with Crippen LogP contribution in [0.4, 0.5) is 11.4 Å². The average Bonchev–Trinajstić information content (AvgIpc) is 2.29. The minimum Gasteiger partial charge on any atom is -0.365 e. The largest absolute Gasteiger partial charge is 0.365 e. The van der Waals surface area contributed by atoms with Gasteiger partial charge < -0.3 is 9.80 Å². The smallest absolute Gasteiger partial charge is 0.0689 e. The molecule has 0 aromatic heterocycles. The standard InChI is InChI=1S/C18H31N2/c1-13(2)19(14(3)4)17-11-9-10-12-18(17)20(15(5)6)16(7)8/h9-11,13-16H,1-8H3. The molecule has 2 nitrogen and oxygen atoms in total. The summed E-state index contributed by atoms with van der Waals surface area (Å²) < 4.78 is 0. The molecule has 0 atom stereocenters. The van der Waals surface area contributed by atoms with Crippen molar-refractivity contribution in [3.8, 4) is 0 Å². The van der Waals surface area contributed by atoms with Crippen LogP contribution in [0.25, 0.3) is 0 Å². The summed E-state index contributed by atoms with van der Waals surface area (Å²) in [5, 5.41) is 0. The number of nitrogens with zero attached hydrogens (tertiary/aromatic N) is 2. The van der Waals surface area contributed by atoms with Crippen molar-refractivity contribution in [2.75, 3.05) is 9.80 Å². The molecule has 2 heteroatoms. The fourth-order valence-corrected chi connectivity index (χ4v) is 3.10. The molecule has 0 saturated carbocycles. The van der Waals surface area contributed by atoms with Gasteiger partial charge in [0.05, 0.1) is 11.4 Å². The summed E-state index contributed by atoms with van der Waals surface area (Å²) in [6.07, 6.45) is 0. The van der Waals surface area contributed by atoms with Gasteiger partial charge in [0, 0.05) is 30.2 Å². The molecule has 0 bridgehead atoms. The number of hydrogen-bond acceptors (Lipinski definition) is 2. The Morgan fingerprint density at radius 2 is 1.20 bits per heavy atom. The first-order valence-corrected chi connectivity index (χ1v) is 7.84. The van der Waals surface area contributed by atoms with Gasteiger partial charge in [-0.15, -0.1) is 0 Å². The highest BCUT2D eigenvalue weighted by atomic mass is 15.2. The third kappa shape index (κ3) is 3.68. The van der Waals surface area contributed by atoms with Crippen LogP contribution in [-0.4, -0.2) is 24.2 Å². The molecule has 0 aliphatic rings. The molecular formula is C18H31N2. The van der Waals surface area contributed by atoms with E-state index in [4.69, 9.17) is 0 Å². The Bertz CT molecular complexity index is 353. The second-order valence-electron chi connectivity index (χ2n) is 6.59. The Labute approximate surface area is 125 Å². The van der Waals surface area contributed by atoms with E-state index in [1.807, 2.05) is 6.07 Å². The molecule has 0 heterocycles. The highest BCUT2D eigenvalue weighted by Gasteiger charge is 2.23. The van der Waals surface area contributed by atoms with Crippen LogP contribution in [0, 0.1) is 6.07 Å². The lowest BCUT2D eigenvalue weighted by molar-refractivity contribution is 0.587. The van der Waals surface area contributed by atoms with Crippen molar-refractivity contribution in [1.29, 1.82) is 0 Å². The van der Waals surface area contributed by atoms with E-state index in [1.54, 1.807) is 0 Å². The van der Waals surface area contributed by atoms with Gasteiger partial charge in [-0.3, -0.25) is 0 Å². The Morgan fingerprint density at radius 3 is 1.60 bits per heavy atom. The lowest BCUT2D eigenvalue weighted by atomic mass is 10.1. The summed E-state index contributed by atoms with van der Waals surface area (Å²) >= 11 is 0. The third-order valence-corrected chi connectivity index (χ3v) is 3.57. The first-order valence-electron chi connectivity index (χ1n) is 7.84. The Hall–Kier alpha value is -1.18. The molecule has 1 radical (unpaired) electrons. The molecule has 20 heavy (non-hydrogen) atoms. The minimum atomic E-state index is 0.466. The maximum atomic E-state index is 3.47. The van der Waals surface area contributed by atoms with Gasteiger partial charge in [-0.25, -0.2) is 0 Å². The molecular weight excluding hydrogens is 244 g/mol. The predicted octanol–water partition coefficient (Wildman–Crippen LogP) is 4.73. The van der Waals surface area contributed by atoms with E-state index in [0.717, 1.165) is 0 Å². The lowest BCUT2D eigenvalue weighted by Gasteiger charge is -2.40. The van der Waals surface area contributed by atoms with Gasteiger partial charge in [0.15, 0.2) is 0 Å². The topological polar surface area (TPSA) is 6.48 Å². The van der Waals surface area contributed by atoms with Crippen molar-refractivity contribution in [2.24, 2.45) is 0 Å². The Morgan fingerprint density at radius 1 is 0.750 bits per heavy atom. The molecule has 0 aliphatic heterocycles. The van der Waals surface area contributed by atoms with Crippen molar-refractivity contribution in [3.63, 3.8) is 0 Å². The molecule has 0 unspecified atom stereocenters. The quantitative estimate of drug-likeness (QED) is 0.740. The molecule has 0 aliphatic carbocycles. The van der Waals surface area contributed by atoms with Crippen molar-refractivity contribution in [3.05, 3.63) is 24.3 Å². The van der Waals surface area contributed by atoms with E-state index in [9.17, 15) is 0 Å². The summed E-state index contributed by atoms with van der Waals surface area (Å²) in [4.78, 5) is 4.93. The van der Waals surface area contributed by atoms with Crippen LogP contribution in [0.1, 0.15) is 55.4 Å². The number of benzene rings is 1. The Balaban J connectivity index is 3.34. The van der Waals surface area contributed by atoms with Crippen LogP contribution < -0.4 is 9.80 Å². The summed E-state index contributed by atoms with van der Waals surface area (Å²) in [7, 11) is 0. The number of hydrogen-bond donors (Lipinski definition) is 0. The second kappa shape index (κ2) is 7.01. The zero-order valence-electron chi connectivity index (χ0n) is 14.4. The summed E-state index contributed by atoms with van der Waals surface area (Å²) in [5.41, 5.74) is 2.51. The first-order chi connectivity index (χ1) is 9.27. The third-order valence-electron chi connectivity index (χ3n) is 3.57. The zero-order valence-corrected chi connectivity index (χ0v) is 14.4. The maximum Gasteiger partial charge on any atom is 0.0689 e. The van der Waals surface area contributed by atoms with Gasteiger partial charge in [-0.2, -0.15) is 0 Å². The van der Waals surface area contributed by atoms with Crippen LogP contribution in [0.15, 0.2) is 18.2 Å². The van der Waals surface area contributed by atoms with Gasteiger partial charge in [-0.1, -0.05) is 12.1 Å². The van der Waals surface area contributed by atoms with E-state index in [-0.39, 0.29) is 0 Å². The number of rotatable bonds is 6. The second-order valence-corrected chi connectivity index (χ2v) is 6.59. The highest BCUT2D eigenvalue weighted by Crippen LogP contribution is 2.33. The normalized spacial score (nSPS) is 11.8. The van der Waals surface area contributed by atoms with Crippen LogP contribution in [0.2, 0.25) is 0 Å². The van der Waals surface area contributed by atoms with Gasteiger partial charge in [-0.05, 0) is 61.5 Å². The fraction of sp³-hybridized carbons (Fsp3) is 0.667. The van der Waals surface area contributed by atoms with Gasteiger partial charge >= 0.3 is 0 Å². The van der Waals surface area contributed by atoms with Gasteiger partial charge in [0.2, 0.25) is 0 Å². The monoisotopic (exact) mass is 275 g/mol. The molecule has 0 saturated heterocycles. The van der Waals surface area contributed by atoms with E-state index in [1.165, 1.54) is 11.4 Å². The molecule has 0 spiro atoms. The van der Waals surface area contributed by atoms with Gasteiger partial charge in [0.1, 0.15) is 0 Å². The van der Waals surface area contributed by atoms with E-state index < -0.39 is 0 Å². The van der Waals surface area contributed by atoms with Crippen molar-refractivity contribution < 1.29 is 0 Å². The Kier molecular flexibility index (Phi) is 5.91. The van der Waals surface area contributed by atoms with Crippen molar-refractivity contribution in [2.45, 2.75) is 79.6 Å². The van der Waals surface area contributed by atoms with Crippen LogP contribution in [-0.2, 0) is 0 Å². The van der Waals surface area contributed by atoms with Crippen LogP contribution in [0.5, 0.6) is 0 Å². The van der Waals surface area contributed by atoms with Gasteiger partial charge in [0.25, 0.3) is 0 Å². The van der Waals surface area contributed by atoms with E-state index in [2.05, 4.69) is 83.4 Å². The van der Waals surface area contributed by atoms with Crippen molar-refractivity contribution in [1.82, 2.24) is 0 Å². The molecule has 0 amide bonds.